The van der Waals surface area contributed by atoms with Crippen molar-refractivity contribution < 1.29 is 18.8 Å². The van der Waals surface area contributed by atoms with Crippen LogP contribution in [-0.4, -0.2) is 17.3 Å². The van der Waals surface area contributed by atoms with Gasteiger partial charge >= 0.3 is 0 Å². The van der Waals surface area contributed by atoms with Gasteiger partial charge in [-0.15, -0.1) is 0 Å². The van der Waals surface area contributed by atoms with Crippen molar-refractivity contribution in [1.82, 2.24) is 0 Å². The molecule has 1 amide bonds. The minimum Gasteiger partial charge on any atom is -0.411 e. The van der Waals surface area contributed by atoms with Crippen LogP contribution in [0.3, 0.4) is 0 Å². The lowest BCUT2D eigenvalue weighted by Gasteiger charge is -2.03. The molecule has 0 bridgehead atoms. The number of anilines is 2. The molecule has 0 unspecified atom stereocenters. The SMILES string of the molecule is Nc1cccc(Br)c1F.O=C(C=NO)Nc1cccc(Br)c1F. The van der Waals surface area contributed by atoms with Crippen molar-refractivity contribution >= 4 is 55.4 Å². The Balaban J connectivity index is 0.000000253. The second-order valence-electron chi connectivity index (χ2n) is 3.98. The maximum absolute atomic E-state index is 13.2. The number of nitrogens with two attached hydrogens (primary N) is 1. The van der Waals surface area contributed by atoms with Gasteiger partial charge in [0.25, 0.3) is 5.91 Å². The molecular formula is C14H11Br2F2N3O2. The fourth-order valence-electron chi connectivity index (χ4n) is 1.34. The Labute approximate surface area is 147 Å². The third-order valence-electron chi connectivity index (χ3n) is 2.37. The summed E-state index contributed by atoms with van der Waals surface area (Å²) in [4.78, 5) is 10.9. The average molecular weight is 451 g/mol. The van der Waals surface area contributed by atoms with Crippen LogP contribution >= 0.6 is 31.9 Å². The number of hydrogen-bond donors (Lipinski definition) is 3. The normalized spacial score (nSPS) is 10.1. The Hall–Kier alpha value is -2.00. The summed E-state index contributed by atoms with van der Waals surface area (Å²) < 4.78 is 26.4. The van der Waals surface area contributed by atoms with Crippen molar-refractivity contribution in [2.24, 2.45) is 5.16 Å². The molecule has 2 aromatic rings. The van der Waals surface area contributed by atoms with Gasteiger partial charge in [0.2, 0.25) is 0 Å². The monoisotopic (exact) mass is 449 g/mol. The van der Waals surface area contributed by atoms with Crippen LogP contribution in [0, 0.1) is 11.6 Å². The van der Waals surface area contributed by atoms with E-state index in [4.69, 9.17) is 10.9 Å². The number of hydrogen-bond acceptors (Lipinski definition) is 4. The number of oxime groups is 1. The zero-order chi connectivity index (χ0) is 17.4. The smallest absolute Gasteiger partial charge is 0.270 e. The molecule has 0 saturated heterocycles. The summed E-state index contributed by atoms with van der Waals surface area (Å²) >= 11 is 5.96. The molecule has 2 aromatic carbocycles. The number of halogens is 4. The summed E-state index contributed by atoms with van der Waals surface area (Å²) in [5.41, 5.74) is 5.40. The highest BCUT2D eigenvalue weighted by Crippen LogP contribution is 2.22. The summed E-state index contributed by atoms with van der Waals surface area (Å²) in [7, 11) is 0. The van der Waals surface area contributed by atoms with E-state index in [1.165, 1.54) is 18.2 Å². The van der Waals surface area contributed by atoms with E-state index < -0.39 is 17.5 Å². The number of nitrogens with one attached hydrogen (secondary N) is 1. The van der Waals surface area contributed by atoms with Crippen LogP contribution in [-0.2, 0) is 4.79 Å². The van der Waals surface area contributed by atoms with E-state index in [-0.39, 0.29) is 15.8 Å². The van der Waals surface area contributed by atoms with Crippen LogP contribution in [0.25, 0.3) is 0 Å². The summed E-state index contributed by atoms with van der Waals surface area (Å²) in [5.74, 6) is -1.67. The highest BCUT2D eigenvalue weighted by atomic mass is 79.9. The molecule has 0 aliphatic carbocycles. The van der Waals surface area contributed by atoms with Gasteiger partial charge in [-0.05, 0) is 56.1 Å². The van der Waals surface area contributed by atoms with Gasteiger partial charge in [0, 0.05) is 0 Å². The van der Waals surface area contributed by atoms with Crippen molar-refractivity contribution in [3.63, 3.8) is 0 Å². The van der Waals surface area contributed by atoms with Crippen molar-refractivity contribution in [2.45, 2.75) is 0 Å². The Kier molecular flexibility index (Phi) is 7.63. The minimum absolute atomic E-state index is 0.0178. The zero-order valence-corrected chi connectivity index (χ0v) is 14.6. The highest BCUT2D eigenvalue weighted by Gasteiger charge is 2.07. The van der Waals surface area contributed by atoms with E-state index >= 15 is 0 Å². The highest BCUT2D eigenvalue weighted by molar-refractivity contribution is 9.10. The van der Waals surface area contributed by atoms with Crippen LogP contribution < -0.4 is 11.1 Å². The molecule has 0 spiro atoms. The van der Waals surface area contributed by atoms with Crippen LogP contribution in [0.15, 0.2) is 50.5 Å². The molecule has 23 heavy (non-hydrogen) atoms. The van der Waals surface area contributed by atoms with E-state index in [1.54, 1.807) is 18.2 Å². The average Bonchev–Trinajstić information content (AvgIpc) is 2.50. The largest absolute Gasteiger partial charge is 0.411 e. The molecule has 0 atom stereocenters. The molecule has 5 nitrogen and oxygen atoms in total. The fourth-order valence-corrected chi connectivity index (χ4v) is 2.09. The first-order valence-electron chi connectivity index (χ1n) is 5.98. The second kappa shape index (κ2) is 9.21. The topological polar surface area (TPSA) is 87.7 Å². The number of nitrogen functional groups attached to an aromatic ring is 1. The van der Waals surface area contributed by atoms with E-state index in [2.05, 4.69) is 42.3 Å². The number of amides is 1. The third-order valence-corrected chi connectivity index (χ3v) is 3.59. The van der Waals surface area contributed by atoms with Crippen molar-refractivity contribution in [1.29, 1.82) is 0 Å². The van der Waals surface area contributed by atoms with Gasteiger partial charge in [0.05, 0.1) is 20.3 Å². The predicted molar refractivity (Wildman–Crippen MR) is 91.5 cm³/mol. The maximum atomic E-state index is 13.2. The minimum atomic E-state index is -0.704. The molecule has 0 radical (unpaired) electrons. The van der Waals surface area contributed by atoms with Gasteiger partial charge < -0.3 is 16.3 Å². The standard InChI is InChI=1S/C8H6BrFN2O2.C6H5BrFN/c9-5-2-1-3-6(8(5)10)12-7(13)4-11-14;7-4-2-1-3-5(9)6(4)8/h1-4,14H,(H,12,13);1-3H,9H2. The number of benzene rings is 2. The van der Waals surface area contributed by atoms with Crippen molar-refractivity contribution in [3.8, 4) is 0 Å². The fraction of sp³-hybridized carbons (Fsp3) is 0. The first kappa shape index (κ1) is 19.0. The van der Waals surface area contributed by atoms with Gasteiger partial charge in [-0.25, -0.2) is 8.78 Å². The third kappa shape index (κ3) is 5.95. The van der Waals surface area contributed by atoms with E-state index in [0.29, 0.717) is 10.7 Å². The lowest BCUT2D eigenvalue weighted by molar-refractivity contribution is -0.110. The van der Waals surface area contributed by atoms with Crippen molar-refractivity contribution in [3.05, 3.63) is 57.0 Å². The van der Waals surface area contributed by atoms with Crippen LogP contribution in [0.2, 0.25) is 0 Å². The van der Waals surface area contributed by atoms with Crippen LogP contribution in [0.5, 0.6) is 0 Å². The Morgan fingerprint density at radius 2 is 1.70 bits per heavy atom. The van der Waals surface area contributed by atoms with Gasteiger partial charge in [-0.1, -0.05) is 17.3 Å². The molecule has 2 rings (SSSR count). The molecule has 0 fully saturated rings. The molecule has 122 valence electrons. The van der Waals surface area contributed by atoms with E-state index in [9.17, 15) is 13.6 Å². The Morgan fingerprint density at radius 3 is 2.22 bits per heavy atom. The quantitative estimate of drug-likeness (QED) is 0.278. The van der Waals surface area contributed by atoms with E-state index in [0.717, 1.165) is 0 Å². The number of rotatable bonds is 2. The molecular weight excluding hydrogens is 440 g/mol. The summed E-state index contributed by atoms with van der Waals surface area (Å²) in [6, 6.07) is 9.27. The van der Waals surface area contributed by atoms with Gasteiger partial charge in [0.1, 0.15) is 6.21 Å². The number of carbonyl (C=O) groups excluding carboxylic acids is 1. The Bertz CT molecular complexity index is 707. The lowest BCUT2D eigenvalue weighted by atomic mass is 10.3. The van der Waals surface area contributed by atoms with Crippen molar-refractivity contribution in [2.75, 3.05) is 11.1 Å². The van der Waals surface area contributed by atoms with Gasteiger partial charge in [0.15, 0.2) is 11.6 Å². The zero-order valence-electron chi connectivity index (χ0n) is 11.4. The summed E-state index contributed by atoms with van der Waals surface area (Å²) in [5, 5.41) is 12.8. The molecule has 4 N–H and O–H groups in total. The molecule has 0 heterocycles. The maximum Gasteiger partial charge on any atom is 0.270 e. The van der Waals surface area contributed by atoms with Crippen LogP contribution in [0.4, 0.5) is 20.2 Å². The molecule has 0 aromatic heterocycles. The second-order valence-corrected chi connectivity index (χ2v) is 5.69. The van der Waals surface area contributed by atoms with Gasteiger partial charge in [-0.2, -0.15) is 0 Å². The molecule has 0 saturated carbocycles. The Morgan fingerprint density at radius 1 is 1.13 bits per heavy atom. The molecule has 9 heteroatoms. The molecule has 0 aliphatic rings. The van der Waals surface area contributed by atoms with Crippen LogP contribution in [0.1, 0.15) is 0 Å². The summed E-state index contributed by atoms with van der Waals surface area (Å²) in [6.07, 6.45) is 0.639. The first-order chi connectivity index (χ1) is 10.9. The molecule has 0 aliphatic heterocycles. The number of carbonyl (C=O) groups is 1. The van der Waals surface area contributed by atoms with Gasteiger partial charge in [-0.3, -0.25) is 4.79 Å². The number of nitrogens with zero attached hydrogens (tertiary/aromatic N) is 1. The first-order valence-corrected chi connectivity index (χ1v) is 7.57. The lowest BCUT2D eigenvalue weighted by Crippen LogP contribution is -2.13. The summed E-state index contributed by atoms with van der Waals surface area (Å²) in [6.45, 7) is 0. The van der Waals surface area contributed by atoms with E-state index in [1.807, 2.05) is 0 Å². The predicted octanol–water partition coefficient (Wildman–Crippen LogP) is 4.16.